The average Bonchev–Trinajstić information content (AvgIpc) is 3.22. The van der Waals surface area contributed by atoms with E-state index < -0.39 is 0 Å². The van der Waals surface area contributed by atoms with Gasteiger partial charge in [-0.05, 0) is 62.8 Å². The number of hydrogen-bond acceptors (Lipinski definition) is 5. The minimum atomic E-state index is -0.0920. The number of carbonyl (C=O) groups excluding carboxylic acids is 1. The van der Waals surface area contributed by atoms with E-state index in [-0.39, 0.29) is 11.8 Å². The largest absolute Gasteiger partial charge is 0.490 e. The lowest BCUT2D eigenvalue weighted by Gasteiger charge is -2.32. The van der Waals surface area contributed by atoms with Crippen molar-refractivity contribution in [2.24, 2.45) is 5.92 Å². The predicted molar refractivity (Wildman–Crippen MR) is 110 cm³/mol. The number of aromatic nitrogens is 2. The van der Waals surface area contributed by atoms with Crippen LogP contribution in [0.25, 0.3) is 0 Å². The quantitative estimate of drug-likeness (QED) is 0.810. The maximum absolute atomic E-state index is 12.8. The number of benzene rings is 1. The Labute approximate surface area is 170 Å². The zero-order valence-corrected chi connectivity index (χ0v) is 16.6. The van der Waals surface area contributed by atoms with Crippen molar-refractivity contribution in [3.63, 3.8) is 0 Å². The van der Waals surface area contributed by atoms with Gasteiger partial charge in [0.1, 0.15) is 5.75 Å². The molecule has 1 unspecified atom stereocenters. The molecule has 1 amide bonds. The van der Waals surface area contributed by atoms with Crippen LogP contribution in [-0.2, 0) is 4.79 Å². The van der Waals surface area contributed by atoms with Crippen molar-refractivity contribution in [1.29, 1.82) is 0 Å². The van der Waals surface area contributed by atoms with Gasteiger partial charge in [-0.1, -0.05) is 17.7 Å². The zero-order chi connectivity index (χ0) is 19.3. The van der Waals surface area contributed by atoms with Crippen LogP contribution in [0, 0.1) is 5.92 Å². The summed E-state index contributed by atoms with van der Waals surface area (Å²) in [5, 5.41) is 11.5. The van der Waals surface area contributed by atoms with E-state index >= 15 is 0 Å². The maximum Gasteiger partial charge on any atom is 0.229 e. The topological polar surface area (TPSA) is 67.3 Å². The fourth-order valence-electron chi connectivity index (χ4n) is 3.97. The Hall–Kier alpha value is -2.34. The van der Waals surface area contributed by atoms with Crippen molar-refractivity contribution in [2.45, 2.75) is 44.6 Å². The number of nitrogens with one attached hydrogen (secondary N) is 1. The van der Waals surface area contributed by atoms with Gasteiger partial charge in [0, 0.05) is 24.8 Å². The second-order valence-corrected chi connectivity index (χ2v) is 7.93. The van der Waals surface area contributed by atoms with Gasteiger partial charge in [0.15, 0.2) is 11.0 Å². The van der Waals surface area contributed by atoms with E-state index in [1.54, 1.807) is 6.07 Å². The lowest BCUT2D eigenvalue weighted by Crippen LogP contribution is -2.41. The number of amides is 1. The minimum absolute atomic E-state index is 0.0321. The van der Waals surface area contributed by atoms with Crippen LogP contribution in [0.4, 0.5) is 11.5 Å². The summed E-state index contributed by atoms with van der Waals surface area (Å²) in [5.41, 5.74) is 0.781. The van der Waals surface area contributed by atoms with Gasteiger partial charge in [0.25, 0.3) is 0 Å². The summed E-state index contributed by atoms with van der Waals surface area (Å²) in [4.78, 5) is 14.9. The Bertz CT molecular complexity index is 808. The summed E-state index contributed by atoms with van der Waals surface area (Å²) >= 11 is 5.82. The zero-order valence-electron chi connectivity index (χ0n) is 15.8. The Morgan fingerprint density at radius 2 is 1.96 bits per heavy atom. The Morgan fingerprint density at radius 3 is 2.75 bits per heavy atom. The Balaban J connectivity index is 1.37. The molecule has 1 saturated carbocycles. The maximum atomic E-state index is 12.8. The van der Waals surface area contributed by atoms with E-state index in [1.807, 2.05) is 30.3 Å². The van der Waals surface area contributed by atoms with Crippen LogP contribution in [0.5, 0.6) is 5.75 Å². The van der Waals surface area contributed by atoms with Gasteiger partial charge in [-0.3, -0.25) is 4.79 Å². The molecule has 0 bridgehead atoms. The van der Waals surface area contributed by atoms with Crippen LogP contribution in [0.3, 0.4) is 0 Å². The average molecular weight is 401 g/mol. The fraction of sp³-hybridized carbons (Fsp3) is 0.476. The monoisotopic (exact) mass is 400 g/mol. The predicted octanol–water partition coefficient (Wildman–Crippen LogP) is 4.31. The molecule has 28 heavy (non-hydrogen) atoms. The molecule has 1 atom stereocenters. The second-order valence-electron chi connectivity index (χ2n) is 7.54. The van der Waals surface area contributed by atoms with E-state index in [0.717, 1.165) is 49.5 Å². The van der Waals surface area contributed by atoms with Crippen LogP contribution < -0.4 is 15.0 Å². The van der Waals surface area contributed by atoms with E-state index in [9.17, 15) is 4.79 Å². The Morgan fingerprint density at radius 1 is 1.11 bits per heavy atom. The summed E-state index contributed by atoms with van der Waals surface area (Å²) in [6.07, 6.45) is 6.80. The van der Waals surface area contributed by atoms with Crippen molar-refractivity contribution in [1.82, 2.24) is 10.2 Å². The number of carbonyl (C=O) groups is 1. The summed E-state index contributed by atoms with van der Waals surface area (Å²) in [7, 11) is 0. The molecule has 2 aromatic rings. The molecule has 1 aromatic carbocycles. The van der Waals surface area contributed by atoms with Gasteiger partial charge in [0.2, 0.25) is 5.91 Å². The standard InChI is InChI=1S/C21H25ClN4O2/c22-19-10-11-20(25-24-19)26-12-4-5-15(14-26)21(27)23-16-6-3-9-18(13-16)28-17-7-1-2-8-17/h3,6,9-11,13,15,17H,1-2,4-5,7-8,12,14H2,(H,23,27). The van der Waals surface area contributed by atoms with Crippen molar-refractivity contribution >= 4 is 29.0 Å². The number of rotatable bonds is 5. The molecule has 1 saturated heterocycles. The minimum Gasteiger partial charge on any atom is -0.490 e. The number of piperidine rings is 1. The summed E-state index contributed by atoms with van der Waals surface area (Å²) in [5.74, 6) is 1.52. The SMILES string of the molecule is O=C(Nc1cccc(OC2CCCC2)c1)C1CCCN(c2ccc(Cl)nn2)C1. The van der Waals surface area contributed by atoms with Gasteiger partial charge in [-0.2, -0.15) is 0 Å². The molecule has 4 rings (SSSR count). The molecule has 7 heteroatoms. The third kappa shape index (κ3) is 4.73. The van der Waals surface area contributed by atoms with E-state index in [0.29, 0.717) is 17.8 Å². The van der Waals surface area contributed by atoms with Gasteiger partial charge < -0.3 is 15.0 Å². The first kappa shape index (κ1) is 19.0. The first-order chi connectivity index (χ1) is 13.7. The highest BCUT2D eigenvalue weighted by molar-refractivity contribution is 6.29. The molecule has 6 nitrogen and oxygen atoms in total. The molecule has 1 N–H and O–H groups in total. The number of ether oxygens (including phenoxy) is 1. The lowest BCUT2D eigenvalue weighted by molar-refractivity contribution is -0.120. The van der Waals surface area contributed by atoms with Crippen molar-refractivity contribution in [3.05, 3.63) is 41.6 Å². The van der Waals surface area contributed by atoms with Crippen LogP contribution in [-0.4, -0.2) is 35.3 Å². The smallest absolute Gasteiger partial charge is 0.229 e. The van der Waals surface area contributed by atoms with Crippen LogP contribution in [0.2, 0.25) is 5.15 Å². The van der Waals surface area contributed by atoms with Crippen LogP contribution in [0.1, 0.15) is 38.5 Å². The van der Waals surface area contributed by atoms with Gasteiger partial charge in [0.05, 0.1) is 12.0 Å². The molecule has 148 valence electrons. The number of anilines is 2. The highest BCUT2D eigenvalue weighted by Gasteiger charge is 2.27. The first-order valence-corrected chi connectivity index (χ1v) is 10.4. The highest BCUT2D eigenvalue weighted by atomic mass is 35.5. The van der Waals surface area contributed by atoms with Gasteiger partial charge >= 0.3 is 0 Å². The molecule has 1 aromatic heterocycles. The van der Waals surface area contributed by atoms with Gasteiger partial charge in [-0.15, -0.1) is 10.2 Å². The molecule has 2 heterocycles. The molecule has 0 radical (unpaired) electrons. The number of hydrogen-bond donors (Lipinski definition) is 1. The molecule has 2 fully saturated rings. The third-order valence-electron chi connectivity index (χ3n) is 5.44. The molecular weight excluding hydrogens is 376 g/mol. The van der Waals surface area contributed by atoms with E-state index in [2.05, 4.69) is 20.4 Å². The third-order valence-corrected chi connectivity index (χ3v) is 5.64. The summed E-state index contributed by atoms with van der Waals surface area (Å²) < 4.78 is 6.04. The molecule has 1 aliphatic carbocycles. The molecule has 0 spiro atoms. The lowest BCUT2D eigenvalue weighted by atomic mass is 9.97. The van der Waals surface area contributed by atoms with Crippen LogP contribution in [0.15, 0.2) is 36.4 Å². The van der Waals surface area contributed by atoms with Crippen molar-refractivity contribution in [3.8, 4) is 5.75 Å². The number of halogens is 1. The first-order valence-electron chi connectivity index (χ1n) is 9.99. The van der Waals surface area contributed by atoms with E-state index in [4.69, 9.17) is 16.3 Å². The molecular formula is C21H25ClN4O2. The normalized spacial score (nSPS) is 20.2. The molecule has 1 aliphatic heterocycles. The summed E-state index contributed by atoms with van der Waals surface area (Å²) in [6, 6.07) is 11.3. The van der Waals surface area contributed by atoms with Crippen LogP contribution >= 0.6 is 11.6 Å². The van der Waals surface area contributed by atoms with Crippen molar-refractivity contribution in [2.75, 3.05) is 23.3 Å². The molecule has 2 aliphatic rings. The highest BCUT2D eigenvalue weighted by Crippen LogP contribution is 2.27. The Kier molecular flexibility index (Phi) is 5.95. The van der Waals surface area contributed by atoms with Crippen molar-refractivity contribution < 1.29 is 9.53 Å². The van der Waals surface area contributed by atoms with E-state index in [1.165, 1.54) is 12.8 Å². The fourth-order valence-corrected chi connectivity index (χ4v) is 4.07. The number of nitrogens with zero attached hydrogens (tertiary/aromatic N) is 3. The summed E-state index contributed by atoms with van der Waals surface area (Å²) in [6.45, 7) is 1.49. The second kappa shape index (κ2) is 8.78. The van der Waals surface area contributed by atoms with Gasteiger partial charge in [-0.25, -0.2) is 0 Å².